The molecule has 0 spiro atoms. The number of hydrogen-bond donors (Lipinski definition) is 1. The maximum absolute atomic E-state index is 13.2. The smallest absolute Gasteiger partial charge is 0.296 e. The summed E-state index contributed by atoms with van der Waals surface area (Å²) in [6.45, 7) is 9.79. The number of tetrazole rings is 1. The summed E-state index contributed by atoms with van der Waals surface area (Å²) in [5.74, 6) is 0.928. The van der Waals surface area contributed by atoms with Crippen molar-refractivity contribution in [1.29, 1.82) is 0 Å². The van der Waals surface area contributed by atoms with Gasteiger partial charge in [-0.25, -0.2) is 4.79 Å². The van der Waals surface area contributed by atoms with E-state index in [2.05, 4.69) is 65.4 Å². The Morgan fingerprint density at radius 2 is 1.88 bits per heavy atom. The number of nitrogens with zero attached hydrogens (tertiary/aromatic N) is 6. The van der Waals surface area contributed by atoms with Gasteiger partial charge in [0.25, 0.3) is 0 Å². The van der Waals surface area contributed by atoms with Crippen LogP contribution in [0, 0.1) is 12.8 Å². The van der Waals surface area contributed by atoms with Crippen molar-refractivity contribution in [2.24, 2.45) is 5.92 Å². The molecule has 0 fully saturated rings. The summed E-state index contributed by atoms with van der Waals surface area (Å²) in [5.41, 5.74) is 5.94. The molecule has 8 nitrogen and oxygen atoms in total. The fraction of sp³-hybridized carbons (Fsp3) is 0.375. The number of nitrogens with one attached hydrogen (secondary N) is 1. The first-order valence-electron chi connectivity index (χ1n) is 11.1. The lowest BCUT2D eigenvalue weighted by Crippen LogP contribution is -2.27. The summed E-state index contributed by atoms with van der Waals surface area (Å²) in [4.78, 5) is 17.7. The van der Waals surface area contributed by atoms with E-state index in [-0.39, 0.29) is 5.69 Å². The second-order valence-electron chi connectivity index (χ2n) is 8.49. The topological polar surface area (TPSA) is 94.3 Å². The molecule has 0 saturated heterocycles. The van der Waals surface area contributed by atoms with Crippen LogP contribution in [-0.2, 0) is 19.5 Å². The lowest BCUT2D eigenvalue weighted by molar-refractivity contribution is 0.497. The molecule has 3 aromatic heterocycles. The fourth-order valence-electron chi connectivity index (χ4n) is 4.09. The van der Waals surface area contributed by atoms with Gasteiger partial charge in [-0.1, -0.05) is 51.5 Å². The van der Waals surface area contributed by atoms with Crippen molar-refractivity contribution in [2.45, 2.75) is 53.6 Å². The average molecular weight is 432 g/mol. The zero-order valence-corrected chi connectivity index (χ0v) is 19.0. The Morgan fingerprint density at radius 1 is 1.09 bits per heavy atom. The third-order valence-corrected chi connectivity index (χ3v) is 5.61. The SMILES string of the molecule is CCCc1c(C)n(CC(C)C)c(=O)n1Cc1ccc(-c2ncccc2-c2nn[nH]n2)cc1. The lowest BCUT2D eigenvalue weighted by atomic mass is 10.0. The first-order chi connectivity index (χ1) is 15.5. The van der Waals surface area contributed by atoms with E-state index in [1.807, 2.05) is 33.4 Å². The molecule has 1 aromatic carbocycles. The molecule has 0 atom stereocenters. The minimum Gasteiger partial charge on any atom is -0.296 e. The van der Waals surface area contributed by atoms with Gasteiger partial charge in [0.1, 0.15) is 0 Å². The molecule has 0 saturated carbocycles. The van der Waals surface area contributed by atoms with Gasteiger partial charge in [-0.05, 0) is 42.2 Å². The molecule has 166 valence electrons. The van der Waals surface area contributed by atoms with E-state index in [0.29, 0.717) is 18.3 Å². The van der Waals surface area contributed by atoms with Crippen molar-refractivity contribution in [3.05, 3.63) is 70.0 Å². The highest BCUT2D eigenvalue weighted by Crippen LogP contribution is 2.27. The third-order valence-electron chi connectivity index (χ3n) is 5.61. The second kappa shape index (κ2) is 9.30. The van der Waals surface area contributed by atoms with Gasteiger partial charge in [-0.15, -0.1) is 10.2 Å². The second-order valence-corrected chi connectivity index (χ2v) is 8.49. The predicted octanol–water partition coefficient (Wildman–Crippen LogP) is 3.86. The molecule has 0 aliphatic carbocycles. The van der Waals surface area contributed by atoms with Crippen LogP contribution in [0.3, 0.4) is 0 Å². The van der Waals surface area contributed by atoms with Crippen LogP contribution < -0.4 is 5.69 Å². The number of imidazole rings is 1. The van der Waals surface area contributed by atoms with Gasteiger partial charge in [0, 0.05) is 35.3 Å². The minimum atomic E-state index is 0.0767. The molecular weight excluding hydrogens is 402 g/mol. The van der Waals surface area contributed by atoms with Crippen LogP contribution >= 0.6 is 0 Å². The van der Waals surface area contributed by atoms with Crippen LogP contribution in [0.2, 0.25) is 0 Å². The van der Waals surface area contributed by atoms with E-state index in [1.54, 1.807) is 6.20 Å². The molecule has 0 unspecified atom stereocenters. The van der Waals surface area contributed by atoms with Crippen LogP contribution in [0.25, 0.3) is 22.6 Å². The highest BCUT2D eigenvalue weighted by atomic mass is 16.1. The van der Waals surface area contributed by atoms with E-state index in [0.717, 1.165) is 53.2 Å². The number of H-pyrrole nitrogens is 1. The van der Waals surface area contributed by atoms with Crippen molar-refractivity contribution in [3.8, 4) is 22.6 Å². The number of hydrogen-bond acceptors (Lipinski definition) is 5. The minimum absolute atomic E-state index is 0.0767. The highest BCUT2D eigenvalue weighted by Gasteiger charge is 2.17. The normalized spacial score (nSPS) is 11.4. The van der Waals surface area contributed by atoms with Crippen LogP contribution in [0.1, 0.15) is 44.1 Å². The Morgan fingerprint density at radius 3 is 2.53 bits per heavy atom. The first-order valence-corrected chi connectivity index (χ1v) is 11.1. The first kappa shape index (κ1) is 21.7. The molecule has 0 aliphatic heterocycles. The molecule has 1 N–H and O–H groups in total. The fourth-order valence-corrected chi connectivity index (χ4v) is 4.09. The quantitative estimate of drug-likeness (QED) is 0.457. The lowest BCUT2D eigenvalue weighted by Gasteiger charge is -2.09. The van der Waals surface area contributed by atoms with Gasteiger partial charge in [-0.2, -0.15) is 5.21 Å². The third kappa shape index (κ3) is 4.26. The van der Waals surface area contributed by atoms with Gasteiger partial charge in [0.15, 0.2) is 0 Å². The van der Waals surface area contributed by atoms with E-state index in [4.69, 9.17) is 0 Å². The largest absolute Gasteiger partial charge is 0.328 e. The summed E-state index contributed by atoms with van der Waals surface area (Å²) in [6.07, 6.45) is 3.65. The van der Waals surface area contributed by atoms with Gasteiger partial charge in [0.2, 0.25) is 5.82 Å². The average Bonchev–Trinajstić information content (AvgIpc) is 3.40. The molecule has 0 radical (unpaired) electrons. The van der Waals surface area contributed by atoms with E-state index in [9.17, 15) is 4.79 Å². The standard InChI is InChI=1S/C24H29N7O/c1-5-7-21-17(4)30(14-16(2)3)24(32)31(21)15-18-9-11-19(12-10-18)22-20(8-6-13-25-22)23-26-28-29-27-23/h6,8-13,16H,5,7,14-15H2,1-4H3,(H,26,27,28,29). The zero-order chi connectivity index (χ0) is 22.7. The monoisotopic (exact) mass is 431 g/mol. The van der Waals surface area contributed by atoms with E-state index >= 15 is 0 Å². The number of pyridine rings is 1. The molecule has 3 heterocycles. The van der Waals surface area contributed by atoms with Crippen LogP contribution in [-0.4, -0.2) is 34.7 Å². The zero-order valence-electron chi connectivity index (χ0n) is 19.0. The van der Waals surface area contributed by atoms with Crippen molar-refractivity contribution < 1.29 is 0 Å². The molecule has 0 bridgehead atoms. The van der Waals surface area contributed by atoms with Gasteiger partial charge in [-0.3, -0.25) is 14.1 Å². The Hall–Kier alpha value is -3.55. The van der Waals surface area contributed by atoms with Gasteiger partial charge < -0.3 is 0 Å². The number of benzene rings is 1. The maximum atomic E-state index is 13.2. The van der Waals surface area contributed by atoms with Crippen LogP contribution in [0.15, 0.2) is 47.4 Å². The molecule has 8 heteroatoms. The van der Waals surface area contributed by atoms with Gasteiger partial charge >= 0.3 is 5.69 Å². The summed E-state index contributed by atoms with van der Waals surface area (Å²) < 4.78 is 3.86. The molecular formula is C24H29N7O. The van der Waals surface area contributed by atoms with Crippen molar-refractivity contribution >= 4 is 0 Å². The molecule has 4 aromatic rings. The summed E-state index contributed by atoms with van der Waals surface area (Å²) >= 11 is 0. The molecule has 0 aliphatic rings. The van der Waals surface area contributed by atoms with Crippen LogP contribution in [0.5, 0.6) is 0 Å². The predicted molar refractivity (Wildman–Crippen MR) is 124 cm³/mol. The van der Waals surface area contributed by atoms with E-state index in [1.165, 1.54) is 0 Å². The molecule has 32 heavy (non-hydrogen) atoms. The Labute approximate surface area is 187 Å². The van der Waals surface area contributed by atoms with Crippen molar-refractivity contribution in [2.75, 3.05) is 0 Å². The van der Waals surface area contributed by atoms with E-state index < -0.39 is 0 Å². The number of aromatic nitrogens is 7. The van der Waals surface area contributed by atoms with Crippen molar-refractivity contribution in [1.82, 2.24) is 34.7 Å². The molecule has 0 amide bonds. The highest BCUT2D eigenvalue weighted by molar-refractivity contribution is 5.76. The molecule has 4 rings (SSSR count). The number of aromatic amines is 1. The maximum Gasteiger partial charge on any atom is 0.328 e. The Kier molecular flexibility index (Phi) is 6.30. The number of rotatable bonds is 8. The summed E-state index contributed by atoms with van der Waals surface area (Å²) in [7, 11) is 0. The summed E-state index contributed by atoms with van der Waals surface area (Å²) in [5, 5.41) is 14.3. The Bertz CT molecular complexity index is 1230. The van der Waals surface area contributed by atoms with Gasteiger partial charge in [0.05, 0.1) is 12.2 Å². The van der Waals surface area contributed by atoms with Crippen molar-refractivity contribution in [3.63, 3.8) is 0 Å². The Balaban J connectivity index is 1.66. The van der Waals surface area contributed by atoms with Crippen LogP contribution in [0.4, 0.5) is 0 Å². The summed E-state index contributed by atoms with van der Waals surface area (Å²) in [6, 6.07) is 12.0.